The van der Waals surface area contributed by atoms with Crippen LogP contribution in [0.15, 0.2) is 66.7 Å². The van der Waals surface area contributed by atoms with Crippen molar-refractivity contribution >= 4 is 43.9 Å². The summed E-state index contributed by atoms with van der Waals surface area (Å²) in [5.41, 5.74) is 1.17. The lowest BCUT2D eigenvalue weighted by atomic mass is 9.93. The first-order chi connectivity index (χ1) is 9.88. The molecule has 0 atom stereocenters. The van der Waals surface area contributed by atoms with Crippen LogP contribution in [0.2, 0.25) is 0 Å². The van der Waals surface area contributed by atoms with Gasteiger partial charge in [0.15, 0.2) is 0 Å². The minimum absolute atomic E-state index is 0.553. The van der Waals surface area contributed by atoms with Gasteiger partial charge in [0.05, 0.1) is 0 Å². The number of hydrogen-bond acceptors (Lipinski definition) is 0. The lowest BCUT2D eigenvalue weighted by Crippen LogP contribution is -1.85. The van der Waals surface area contributed by atoms with Crippen molar-refractivity contribution in [2.24, 2.45) is 0 Å². The van der Waals surface area contributed by atoms with Crippen LogP contribution in [0.4, 0.5) is 0 Å². The number of halogens is 1. The molecule has 0 amide bonds. The van der Waals surface area contributed by atoms with Gasteiger partial charge in [0.1, 0.15) is 0 Å². The Bertz CT molecular complexity index is 903. The van der Waals surface area contributed by atoms with Gasteiger partial charge in [0, 0.05) is 5.88 Å². The van der Waals surface area contributed by atoms with Crippen LogP contribution in [0.25, 0.3) is 32.3 Å². The molecule has 1 heteroatoms. The average molecular weight is 277 g/mol. The minimum atomic E-state index is 0.553. The molecular formula is C19H13Cl. The Kier molecular flexibility index (Phi) is 2.64. The number of hydrogen-bond donors (Lipinski definition) is 0. The third-order valence-electron chi connectivity index (χ3n) is 3.96. The SMILES string of the molecule is ClCc1ccc2c3ccccc3c3ccccc3c2c1. The van der Waals surface area contributed by atoms with E-state index >= 15 is 0 Å². The number of fused-ring (bicyclic) bond motifs is 6. The zero-order valence-corrected chi connectivity index (χ0v) is 11.7. The summed E-state index contributed by atoms with van der Waals surface area (Å²) in [7, 11) is 0. The van der Waals surface area contributed by atoms with Crippen LogP contribution in [-0.2, 0) is 5.88 Å². The van der Waals surface area contributed by atoms with Crippen LogP contribution in [0.1, 0.15) is 5.56 Å². The van der Waals surface area contributed by atoms with Crippen LogP contribution < -0.4 is 0 Å². The molecular weight excluding hydrogens is 264 g/mol. The Balaban J connectivity index is 2.35. The van der Waals surface area contributed by atoms with E-state index < -0.39 is 0 Å². The fourth-order valence-electron chi connectivity index (χ4n) is 3.04. The van der Waals surface area contributed by atoms with E-state index in [1.165, 1.54) is 37.9 Å². The predicted molar refractivity (Wildman–Crippen MR) is 88.5 cm³/mol. The normalized spacial score (nSPS) is 11.4. The third-order valence-corrected chi connectivity index (χ3v) is 4.27. The molecule has 96 valence electrons. The molecule has 0 aliphatic carbocycles. The van der Waals surface area contributed by atoms with Crippen molar-refractivity contribution < 1.29 is 0 Å². The Labute approximate surface area is 122 Å². The second kappa shape index (κ2) is 4.50. The summed E-state index contributed by atoms with van der Waals surface area (Å²) in [5.74, 6) is 0.553. The quantitative estimate of drug-likeness (QED) is 0.301. The molecule has 4 aromatic carbocycles. The van der Waals surface area contributed by atoms with E-state index in [0.29, 0.717) is 5.88 Å². The van der Waals surface area contributed by atoms with Gasteiger partial charge in [0.25, 0.3) is 0 Å². The zero-order valence-electron chi connectivity index (χ0n) is 10.9. The highest BCUT2D eigenvalue weighted by Crippen LogP contribution is 2.35. The summed E-state index contributed by atoms with van der Waals surface area (Å²) in [6, 6.07) is 23.7. The molecule has 0 heterocycles. The third kappa shape index (κ3) is 1.62. The molecule has 4 aromatic rings. The summed E-state index contributed by atoms with van der Waals surface area (Å²) in [6.07, 6.45) is 0. The van der Waals surface area contributed by atoms with E-state index in [1.807, 2.05) is 0 Å². The van der Waals surface area contributed by atoms with Crippen molar-refractivity contribution in [2.75, 3.05) is 0 Å². The molecule has 0 radical (unpaired) electrons. The molecule has 0 saturated heterocycles. The Morgan fingerprint density at radius 3 is 1.50 bits per heavy atom. The predicted octanol–water partition coefficient (Wildman–Crippen LogP) is 5.89. The van der Waals surface area contributed by atoms with Crippen molar-refractivity contribution in [3.05, 3.63) is 72.3 Å². The van der Waals surface area contributed by atoms with Gasteiger partial charge in [-0.3, -0.25) is 0 Å². The van der Waals surface area contributed by atoms with Crippen LogP contribution in [0.5, 0.6) is 0 Å². The zero-order chi connectivity index (χ0) is 13.5. The van der Waals surface area contributed by atoms with Crippen molar-refractivity contribution in [1.29, 1.82) is 0 Å². The second-order valence-corrected chi connectivity index (χ2v) is 5.37. The molecule has 0 aliphatic rings. The van der Waals surface area contributed by atoms with Gasteiger partial charge in [-0.2, -0.15) is 0 Å². The number of rotatable bonds is 1. The first-order valence-electron chi connectivity index (χ1n) is 6.76. The molecule has 0 spiro atoms. The van der Waals surface area contributed by atoms with Gasteiger partial charge in [-0.1, -0.05) is 60.7 Å². The van der Waals surface area contributed by atoms with Gasteiger partial charge < -0.3 is 0 Å². The highest BCUT2D eigenvalue weighted by Gasteiger charge is 2.07. The van der Waals surface area contributed by atoms with Crippen molar-refractivity contribution in [2.45, 2.75) is 5.88 Å². The van der Waals surface area contributed by atoms with Crippen LogP contribution in [0, 0.1) is 0 Å². The summed E-state index contributed by atoms with van der Waals surface area (Å²) in [5, 5.41) is 7.82. The highest BCUT2D eigenvalue weighted by molar-refractivity contribution is 6.25. The number of alkyl halides is 1. The number of benzene rings is 4. The summed E-state index contributed by atoms with van der Waals surface area (Å²) in [6.45, 7) is 0. The lowest BCUT2D eigenvalue weighted by molar-refractivity contribution is 1.43. The fraction of sp³-hybridized carbons (Fsp3) is 0.0526. The van der Waals surface area contributed by atoms with Crippen molar-refractivity contribution in [3.63, 3.8) is 0 Å². The van der Waals surface area contributed by atoms with Crippen molar-refractivity contribution in [1.82, 2.24) is 0 Å². The van der Waals surface area contributed by atoms with Gasteiger partial charge in [-0.05, 0) is 43.9 Å². The molecule has 0 unspecified atom stereocenters. The van der Waals surface area contributed by atoms with Crippen molar-refractivity contribution in [3.8, 4) is 0 Å². The molecule has 0 saturated carbocycles. The fourth-order valence-corrected chi connectivity index (χ4v) is 3.20. The molecule has 4 rings (SSSR count). The molecule has 20 heavy (non-hydrogen) atoms. The van der Waals surface area contributed by atoms with Crippen LogP contribution in [-0.4, -0.2) is 0 Å². The summed E-state index contributed by atoms with van der Waals surface area (Å²) >= 11 is 6.00. The van der Waals surface area contributed by atoms with E-state index in [2.05, 4.69) is 66.7 Å². The van der Waals surface area contributed by atoms with E-state index in [0.717, 1.165) is 0 Å². The largest absolute Gasteiger partial charge is 0.122 e. The second-order valence-electron chi connectivity index (χ2n) is 5.10. The van der Waals surface area contributed by atoms with Gasteiger partial charge in [-0.25, -0.2) is 0 Å². The molecule has 0 aliphatic heterocycles. The maximum absolute atomic E-state index is 6.00. The van der Waals surface area contributed by atoms with E-state index in [1.54, 1.807) is 0 Å². The topological polar surface area (TPSA) is 0 Å². The van der Waals surface area contributed by atoms with Gasteiger partial charge in [0.2, 0.25) is 0 Å². The van der Waals surface area contributed by atoms with E-state index in [9.17, 15) is 0 Å². The molecule has 0 fully saturated rings. The van der Waals surface area contributed by atoms with E-state index in [4.69, 9.17) is 11.6 Å². The van der Waals surface area contributed by atoms with Gasteiger partial charge in [-0.15, -0.1) is 11.6 Å². The maximum atomic E-state index is 6.00. The minimum Gasteiger partial charge on any atom is -0.122 e. The van der Waals surface area contributed by atoms with Gasteiger partial charge >= 0.3 is 0 Å². The van der Waals surface area contributed by atoms with E-state index in [-0.39, 0.29) is 0 Å². The Morgan fingerprint density at radius 1 is 0.550 bits per heavy atom. The van der Waals surface area contributed by atoms with Crippen LogP contribution in [0.3, 0.4) is 0 Å². The maximum Gasteiger partial charge on any atom is 0.0474 e. The Morgan fingerprint density at radius 2 is 1.00 bits per heavy atom. The first-order valence-corrected chi connectivity index (χ1v) is 7.30. The summed E-state index contributed by atoms with van der Waals surface area (Å²) < 4.78 is 0. The molecule has 0 nitrogen and oxygen atoms in total. The molecule has 0 N–H and O–H groups in total. The highest BCUT2D eigenvalue weighted by atomic mass is 35.5. The monoisotopic (exact) mass is 276 g/mol. The first kappa shape index (κ1) is 11.7. The molecule has 0 bridgehead atoms. The Hall–Kier alpha value is -2.05. The summed E-state index contributed by atoms with van der Waals surface area (Å²) in [4.78, 5) is 0. The average Bonchev–Trinajstić information content (AvgIpc) is 2.54. The molecule has 0 aromatic heterocycles. The standard InChI is InChI=1S/C19H13Cl/c20-12-13-9-10-18-16-7-2-1-5-14(16)15-6-3-4-8-17(15)19(18)11-13/h1-11H,12H2. The van der Waals surface area contributed by atoms with Crippen LogP contribution >= 0.6 is 11.6 Å². The smallest absolute Gasteiger partial charge is 0.0474 e. The lowest BCUT2D eigenvalue weighted by Gasteiger charge is -2.11.